The van der Waals surface area contributed by atoms with Crippen LogP contribution in [-0.4, -0.2) is 51.1 Å². The molecule has 168 valence electrons. The molecule has 0 bridgehead atoms. The zero-order valence-corrected chi connectivity index (χ0v) is 19.6. The number of likely N-dealkylation sites (N-methyl/N-ethyl adjacent to an activating group) is 1. The van der Waals surface area contributed by atoms with Gasteiger partial charge in [-0.25, -0.2) is 0 Å². The molecule has 2 aromatic rings. The minimum atomic E-state index is -0.0597. The molecule has 6 nitrogen and oxygen atoms in total. The molecular formula is C24H34N4O2S. The lowest BCUT2D eigenvalue weighted by atomic mass is 9.73. The smallest absolute Gasteiger partial charge is 0.259 e. The van der Waals surface area contributed by atoms with Gasteiger partial charge in [-0.15, -0.1) is 11.3 Å². The number of rotatable bonds is 8. The maximum absolute atomic E-state index is 11.7. The second kappa shape index (κ2) is 11.2. The summed E-state index contributed by atoms with van der Waals surface area (Å²) in [5, 5.41) is 9.16. The Bertz CT molecular complexity index is 858. The fourth-order valence-corrected chi connectivity index (χ4v) is 4.99. The summed E-state index contributed by atoms with van der Waals surface area (Å²) in [6.07, 6.45) is 6.35. The molecule has 0 radical (unpaired) electrons. The average molecular weight is 443 g/mol. The summed E-state index contributed by atoms with van der Waals surface area (Å²) < 4.78 is 5.62. The van der Waals surface area contributed by atoms with Crippen molar-refractivity contribution in [2.24, 2.45) is 4.99 Å². The van der Waals surface area contributed by atoms with Crippen LogP contribution in [0.2, 0.25) is 0 Å². The van der Waals surface area contributed by atoms with Crippen LogP contribution in [0.5, 0.6) is 5.75 Å². The van der Waals surface area contributed by atoms with Crippen LogP contribution in [0.4, 0.5) is 0 Å². The first-order valence-corrected chi connectivity index (χ1v) is 11.8. The van der Waals surface area contributed by atoms with Crippen LogP contribution in [0, 0.1) is 0 Å². The molecule has 1 amide bonds. The van der Waals surface area contributed by atoms with Crippen LogP contribution in [0.3, 0.4) is 0 Å². The summed E-state index contributed by atoms with van der Waals surface area (Å²) in [6, 6.07) is 12.2. The largest absolute Gasteiger partial charge is 0.484 e. The van der Waals surface area contributed by atoms with Crippen molar-refractivity contribution in [2.45, 2.75) is 44.1 Å². The molecule has 0 atom stereocenters. The minimum Gasteiger partial charge on any atom is -0.484 e. The summed E-state index contributed by atoms with van der Waals surface area (Å²) in [7, 11) is 5.25. The molecule has 0 unspecified atom stereocenters. The Balaban J connectivity index is 1.55. The molecule has 2 N–H and O–H groups in total. The van der Waals surface area contributed by atoms with Crippen molar-refractivity contribution in [1.82, 2.24) is 15.5 Å². The molecule has 0 saturated heterocycles. The summed E-state index contributed by atoms with van der Waals surface area (Å²) in [4.78, 5) is 19.2. The van der Waals surface area contributed by atoms with Crippen molar-refractivity contribution in [3.63, 3.8) is 0 Å². The molecule has 1 saturated carbocycles. The molecule has 0 aliphatic heterocycles. The van der Waals surface area contributed by atoms with E-state index in [2.05, 4.69) is 33.1 Å². The average Bonchev–Trinajstić information content (AvgIpc) is 3.34. The van der Waals surface area contributed by atoms with Gasteiger partial charge in [0.25, 0.3) is 5.91 Å². The number of ether oxygens (including phenoxy) is 1. The lowest BCUT2D eigenvalue weighted by Crippen LogP contribution is -2.46. The topological polar surface area (TPSA) is 66.0 Å². The van der Waals surface area contributed by atoms with Crippen LogP contribution in [0.25, 0.3) is 0 Å². The predicted octanol–water partition coefficient (Wildman–Crippen LogP) is 3.78. The van der Waals surface area contributed by atoms with Crippen molar-refractivity contribution in [1.29, 1.82) is 0 Å². The van der Waals surface area contributed by atoms with E-state index in [1.165, 1.54) is 41.9 Å². The summed E-state index contributed by atoms with van der Waals surface area (Å²) in [6.45, 7) is 1.56. The summed E-state index contributed by atoms with van der Waals surface area (Å²) >= 11 is 1.87. The number of guanidine groups is 1. The van der Waals surface area contributed by atoms with Crippen molar-refractivity contribution >= 4 is 23.2 Å². The Morgan fingerprint density at radius 1 is 1.16 bits per heavy atom. The second-order valence-electron chi connectivity index (χ2n) is 8.32. The van der Waals surface area contributed by atoms with Gasteiger partial charge in [0.2, 0.25) is 0 Å². The van der Waals surface area contributed by atoms with E-state index in [1.807, 2.05) is 35.6 Å². The molecule has 3 rings (SSSR count). The fraction of sp³-hybridized carbons (Fsp3) is 0.500. The predicted molar refractivity (Wildman–Crippen MR) is 128 cm³/mol. The number of amides is 1. The number of carbonyl (C=O) groups excluding carboxylic acids is 1. The number of nitrogens with one attached hydrogen (secondary N) is 2. The molecule has 1 aromatic heterocycles. The molecule has 1 aliphatic rings. The lowest BCUT2D eigenvalue weighted by molar-refractivity contribution is -0.130. The highest BCUT2D eigenvalue weighted by Gasteiger charge is 2.34. The zero-order valence-electron chi connectivity index (χ0n) is 18.8. The minimum absolute atomic E-state index is 0.0396. The number of thiophene rings is 1. The van der Waals surface area contributed by atoms with Crippen LogP contribution in [-0.2, 0) is 16.8 Å². The zero-order chi connectivity index (χ0) is 22.1. The van der Waals surface area contributed by atoms with E-state index in [4.69, 9.17) is 4.74 Å². The van der Waals surface area contributed by atoms with Crippen LogP contribution < -0.4 is 15.4 Å². The molecule has 1 aliphatic carbocycles. The van der Waals surface area contributed by atoms with Crippen LogP contribution in [0.1, 0.15) is 42.5 Å². The first-order chi connectivity index (χ1) is 15.0. The van der Waals surface area contributed by atoms with Crippen molar-refractivity contribution in [3.05, 3.63) is 52.2 Å². The second-order valence-corrected chi connectivity index (χ2v) is 9.27. The maximum Gasteiger partial charge on any atom is 0.259 e. The van der Waals surface area contributed by atoms with Crippen LogP contribution >= 0.6 is 11.3 Å². The van der Waals surface area contributed by atoms with Gasteiger partial charge in [0.15, 0.2) is 12.6 Å². The van der Waals surface area contributed by atoms with Gasteiger partial charge in [0.05, 0.1) is 0 Å². The van der Waals surface area contributed by atoms with E-state index in [0.717, 1.165) is 18.1 Å². The van der Waals surface area contributed by atoms with Gasteiger partial charge < -0.3 is 20.3 Å². The molecule has 1 fully saturated rings. The molecule has 0 spiro atoms. The first-order valence-electron chi connectivity index (χ1n) is 10.9. The van der Waals surface area contributed by atoms with E-state index in [-0.39, 0.29) is 17.9 Å². The molecule has 1 aromatic carbocycles. The third-order valence-corrected chi connectivity index (χ3v) is 7.01. The first kappa shape index (κ1) is 23.1. The Kier molecular flexibility index (Phi) is 8.35. The van der Waals surface area contributed by atoms with Gasteiger partial charge >= 0.3 is 0 Å². The van der Waals surface area contributed by atoms with Gasteiger partial charge in [-0.1, -0.05) is 37.5 Å². The Morgan fingerprint density at radius 3 is 2.65 bits per heavy atom. The van der Waals surface area contributed by atoms with E-state index < -0.39 is 0 Å². The quantitative estimate of drug-likeness (QED) is 0.482. The van der Waals surface area contributed by atoms with Gasteiger partial charge in [0, 0.05) is 44.5 Å². The Hall–Kier alpha value is -2.54. The number of nitrogens with zero attached hydrogens (tertiary/aromatic N) is 2. The van der Waals surface area contributed by atoms with Gasteiger partial charge in [-0.3, -0.25) is 9.79 Å². The van der Waals surface area contributed by atoms with E-state index in [0.29, 0.717) is 12.3 Å². The lowest BCUT2D eigenvalue weighted by Gasteiger charge is -2.37. The highest BCUT2D eigenvalue weighted by molar-refractivity contribution is 7.10. The fourth-order valence-electron chi connectivity index (χ4n) is 4.00. The molecular weight excluding hydrogens is 408 g/mol. The number of benzene rings is 1. The number of aliphatic imine (C=N–C) groups is 1. The highest BCUT2D eigenvalue weighted by atomic mass is 32.1. The normalized spacial score (nSPS) is 15.9. The summed E-state index contributed by atoms with van der Waals surface area (Å²) in [5.41, 5.74) is 1.28. The third kappa shape index (κ3) is 6.47. The van der Waals surface area contributed by atoms with E-state index >= 15 is 0 Å². The van der Waals surface area contributed by atoms with Gasteiger partial charge in [0.1, 0.15) is 5.75 Å². The SMILES string of the molecule is CN=C(NCc1cccc(OCC(=O)N(C)C)c1)NCC1(c2cccs2)CCCCC1. The van der Waals surface area contributed by atoms with Gasteiger partial charge in [-0.05, 0) is 42.0 Å². The molecule has 31 heavy (non-hydrogen) atoms. The highest BCUT2D eigenvalue weighted by Crippen LogP contribution is 2.41. The van der Waals surface area contributed by atoms with E-state index in [1.54, 1.807) is 21.1 Å². The molecule has 1 heterocycles. The van der Waals surface area contributed by atoms with Crippen LogP contribution in [0.15, 0.2) is 46.8 Å². The summed E-state index contributed by atoms with van der Waals surface area (Å²) in [5.74, 6) is 1.43. The molecule has 7 heteroatoms. The number of carbonyl (C=O) groups is 1. The van der Waals surface area contributed by atoms with Crippen molar-refractivity contribution in [2.75, 3.05) is 34.3 Å². The standard InChI is InChI=1S/C24H34N4O2S/c1-25-23(27-18-24(12-5-4-6-13-24)21-11-8-14-31-21)26-16-19-9-7-10-20(15-19)30-17-22(29)28(2)3/h7-11,14-15H,4-6,12-13,16-18H2,1-3H3,(H2,25,26,27). The maximum atomic E-state index is 11.7. The monoisotopic (exact) mass is 442 g/mol. The Morgan fingerprint density at radius 2 is 1.97 bits per heavy atom. The van der Waals surface area contributed by atoms with Gasteiger partial charge in [-0.2, -0.15) is 0 Å². The van der Waals surface area contributed by atoms with Crippen molar-refractivity contribution < 1.29 is 9.53 Å². The number of hydrogen-bond donors (Lipinski definition) is 2. The van der Waals surface area contributed by atoms with E-state index in [9.17, 15) is 4.79 Å². The third-order valence-electron chi connectivity index (χ3n) is 5.89. The van der Waals surface area contributed by atoms with Crippen molar-refractivity contribution in [3.8, 4) is 5.75 Å². The number of hydrogen-bond acceptors (Lipinski definition) is 4. The Labute approximate surface area is 189 Å².